The van der Waals surface area contributed by atoms with E-state index in [-0.39, 0.29) is 11.8 Å². The molecule has 0 aliphatic rings. The lowest BCUT2D eigenvalue weighted by molar-refractivity contribution is -0.126. The van der Waals surface area contributed by atoms with E-state index in [2.05, 4.69) is 10.6 Å². The van der Waals surface area contributed by atoms with E-state index in [0.717, 1.165) is 11.1 Å². The maximum atomic E-state index is 12.0. The summed E-state index contributed by atoms with van der Waals surface area (Å²) in [5, 5.41) is 6.02. The van der Waals surface area contributed by atoms with E-state index in [9.17, 15) is 9.59 Å². The molecule has 0 radical (unpaired) electrons. The van der Waals surface area contributed by atoms with E-state index in [0.29, 0.717) is 11.6 Å². The monoisotopic (exact) mass is 342 g/mol. The van der Waals surface area contributed by atoms with Crippen LogP contribution in [0.2, 0.25) is 5.02 Å². The molecule has 1 unspecified atom stereocenters. The summed E-state index contributed by atoms with van der Waals surface area (Å²) in [6.45, 7) is 2.00. The normalized spacial score (nSPS) is 11.9. The lowest BCUT2D eigenvalue weighted by atomic mass is 10.2. The van der Waals surface area contributed by atoms with Gasteiger partial charge < -0.3 is 10.6 Å². The summed E-state index contributed by atoms with van der Waals surface area (Å²) >= 11 is 5.90. The maximum absolute atomic E-state index is 12.0. The zero-order chi connectivity index (χ0) is 17.4. The molecule has 0 aromatic heterocycles. The van der Waals surface area contributed by atoms with Crippen molar-refractivity contribution in [2.24, 2.45) is 0 Å². The second-order valence-electron chi connectivity index (χ2n) is 5.32. The van der Waals surface area contributed by atoms with E-state index >= 15 is 0 Å². The Morgan fingerprint density at radius 2 is 1.88 bits per heavy atom. The highest BCUT2D eigenvalue weighted by Crippen LogP contribution is 2.10. The van der Waals surface area contributed by atoms with Gasteiger partial charge in [-0.05, 0) is 36.3 Å². The lowest BCUT2D eigenvalue weighted by Gasteiger charge is -2.13. The fraction of sp³-hybridized carbons (Fsp3) is 0.158. The number of benzene rings is 2. The number of hydrogen-bond acceptors (Lipinski definition) is 2. The van der Waals surface area contributed by atoms with Crippen LogP contribution >= 0.6 is 11.6 Å². The highest BCUT2D eigenvalue weighted by molar-refractivity contribution is 6.30. The molecule has 124 valence electrons. The average molecular weight is 343 g/mol. The van der Waals surface area contributed by atoms with Crippen LogP contribution in [0.4, 0.5) is 0 Å². The van der Waals surface area contributed by atoms with Crippen LogP contribution in [0.25, 0.3) is 6.08 Å². The van der Waals surface area contributed by atoms with Gasteiger partial charge in [0, 0.05) is 17.6 Å². The van der Waals surface area contributed by atoms with E-state index in [1.54, 1.807) is 25.1 Å². The van der Waals surface area contributed by atoms with Gasteiger partial charge in [0.05, 0.1) is 0 Å². The van der Waals surface area contributed by atoms with Crippen LogP contribution in [0.15, 0.2) is 60.7 Å². The van der Waals surface area contributed by atoms with Crippen LogP contribution in [-0.2, 0) is 16.1 Å². The van der Waals surface area contributed by atoms with Gasteiger partial charge in [-0.3, -0.25) is 9.59 Å². The molecular formula is C19H19ClN2O2. The second-order valence-corrected chi connectivity index (χ2v) is 5.76. The van der Waals surface area contributed by atoms with E-state index in [1.165, 1.54) is 6.08 Å². The van der Waals surface area contributed by atoms with Gasteiger partial charge in [0.25, 0.3) is 0 Å². The van der Waals surface area contributed by atoms with Crippen molar-refractivity contribution < 1.29 is 9.59 Å². The lowest BCUT2D eigenvalue weighted by Crippen LogP contribution is -2.44. The predicted molar refractivity (Wildman–Crippen MR) is 96.4 cm³/mol. The van der Waals surface area contributed by atoms with Gasteiger partial charge in [-0.25, -0.2) is 0 Å². The second kappa shape index (κ2) is 8.89. The highest BCUT2D eigenvalue weighted by atomic mass is 35.5. The van der Waals surface area contributed by atoms with E-state index in [4.69, 9.17) is 11.6 Å². The first kappa shape index (κ1) is 17.8. The first-order chi connectivity index (χ1) is 11.5. The van der Waals surface area contributed by atoms with Crippen molar-refractivity contribution >= 4 is 29.5 Å². The molecular weight excluding hydrogens is 324 g/mol. The molecule has 0 bridgehead atoms. The van der Waals surface area contributed by atoms with Crippen molar-refractivity contribution in [3.8, 4) is 0 Å². The Labute approximate surface area is 146 Å². The molecule has 0 fully saturated rings. The molecule has 0 saturated carbocycles. The van der Waals surface area contributed by atoms with Crippen LogP contribution in [0.3, 0.4) is 0 Å². The van der Waals surface area contributed by atoms with Gasteiger partial charge in [-0.1, -0.05) is 54.1 Å². The quantitative estimate of drug-likeness (QED) is 0.792. The average Bonchev–Trinajstić information content (AvgIpc) is 2.59. The number of carbonyl (C=O) groups is 2. The van der Waals surface area contributed by atoms with Crippen LogP contribution in [0.1, 0.15) is 18.1 Å². The molecule has 0 spiro atoms. The van der Waals surface area contributed by atoms with Gasteiger partial charge in [0.1, 0.15) is 6.04 Å². The summed E-state index contributed by atoms with van der Waals surface area (Å²) < 4.78 is 0. The third kappa shape index (κ3) is 5.89. The number of amides is 2. The van der Waals surface area contributed by atoms with E-state index < -0.39 is 6.04 Å². The largest absolute Gasteiger partial charge is 0.350 e. The third-order valence-corrected chi connectivity index (χ3v) is 3.57. The Bertz CT molecular complexity index is 729. The van der Waals surface area contributed by atoms with Crippen molar-refractivity contribution in [1.29, 1.82) is 0 Å². The molecule has 2 N–H and O–H groups in total. The fourth-order valence-corrected chi connectivity index (χ4v) is 2.27. The topological polar surface area (TPSA) is 58.2 Å². The first-order valence-corrected chi connectivity index (χ1v) is 7.98. The Balaban J connectivity index is 1.80. The van der Waals surface area contributed by atoms with Crippen LogP contribution in [0, 0.1) is 0 Å². The van der Waals surface area contributed by atoms with Gasteiger partial charge in [-0.2, -0.15) is 0 Å². The molecule has 2 aromatic rings. The van der Waals surface area contributed by atoms with Crippen molar-refractivity contribution in [1.82, 2.24) is 10.6 Å². The zero-order valence-corrected chi connectivity index (χ0v) is 14.1. The SMILES string of the molecule is CC(NC(=O)/C=C/c1ccccc1)C(=O)NCc1cccc(Cl)c1. The molecule has 5 heteroatoms. The van der Waals surface area contributed by atoms with Crippen LogP contribution in [0.5, 0.6) is 0 Å². The number of halogens is 1. The fourth-order valence-electron chi connectivity index (χ4n) is 2.05. The van der Waals surface area contributed by atoms with Crippen molar-refractivity contribution in [3.63, 3.8) is 0 Å². The summed E-state index contributed by atoms with van der Waals surface area (Å²) in [5.74, 6) is -0.569. The van der Waals surface area contributed by atoms with Gasteiger partial charge in [0.15, 0.2) is 0 Å². The highest BCUT2D eigenvalue weighted by Gasteiger charge is 2.13. The number of rotatable bonds is 6. The number of hydrogen-bond donors (Lipinski definition) is 2. The molecule has 0 aliphatic carbocycles. The molecule has 4 nitrogen and oxygen atoms in total. The molecule has 1 atom stereocenters. The Hall–Kier alpha value is -2.59. The summed E-state index contributed by atoms with van der Waals surface area (Å²) in [4.78, 5) is 23.9. The minimum atomic E-state index is -0.628. The van der Waals surface area contributed by atoms with E-state index in [1.807, 2.05) is 42.5 Å². The predicted octanol–water partition coefficient (Wildman–Crippen LogP) is 3.17. The summed E-state index contributed by atoms with van der Waals surface area (Å²) in [5.41, 5.74) is 1.82. The smallest absolute Gasteiger partial charge is 0.244 e. The van der Waals surface area contributed by atoms with Crippen LogP contribution < -0.4 is 10.6 Å². The molecule has 2 rings (SSSR count). The molecule has 0 heterocycles. The van der Waals surface area contributed by atoms with Gasteiger partial charge in [0.2, 0.25) is 11.8 Å². The van der Waals surface area contributed by atoms with Gasteiger partial charge >= 0.3 is 0 Å². The summed E-state index contributed by atoms with van der Waals surface area (Å²) in [7, 11) is 0. The Kier molecular flexibility index (Phi) is 6.58. The van der Waals surface area contributed by atoms with Crippen molar-refractivity contribution in [3.05, 3.63) is 76.8 Å². The third-order valence-electron chi connectivity index (χ3n) is 3.33. The number of nitrogens with one attached hydrogen (secondary N) is 2. The molecule has 0 aliphatic heterocycles. The summed E-state index contributed by atoms with van der Waals surface area (Å²) in [6.07, 6.45) is 3.11. The Morgan fingerprint density at radius 3 is 2.58 bits per heavy atom. The standard InChI is InChI=1S/C19H19ClN2O2/c1-14(19(24)21-13-16-8-5-9-17(20)12-16)22-18(23)11-10-15-6-3-2-4-7-15/h2-12,14H,13H2,1H3,(H,21,24)(H,22,23)/b11-10+. The van der Waals surface area contributed by atoms with Crippen molar-refractivity contribution in [2.75, 3.05) is 0 Å². The van der Waals surface area contributed by atoms with Crippen LogP contribution in [-0.4, -0.2) is 17.9 Å². The van der Waals surface area contributed by atoms with Crippen molar-refractivity contribution in [2.45, 2.75) is 19.5 Å². The molecule has 2 aromatic carbocycles. The first-order valence-electron chi connectivity index (χ1n) is 7.60. The minimum absolute atomic E-state index is 0.253. The zero-order valence-electron chi connectivity index (χ0n) is 13.3. The maximum Gasteiger partial charge on any atom is 0.244 e. The number of carbonyl (C=O) groups excluding carboxylic acids is 2. The van der Waals surface area contributed by atoms with Gasteiger partial charge in [-0.15, -0.1) is 0 Å². The molecule has 0 saturated heterocycles. The molecule has 24 heavy (non-hydrogen) atoms. The summed E-state index contributed by atoms with van der Waals surface area (Å²) in [6, 6.07) is 16.1. The minimum Gasteiger partial charge on any atom is -0.350 e. The molecule has 2 amide bonds. The Morgan fingerprint density at radius 1 is 1.12 bits per heavy atom.